The average molecular weight is 533 g/mol. The van der Waals surface area contributed by atoms with E-state index in [0.717, 1.165) is 31.5 Å². The Hall–Kier alpha value is -2.70. The monoisotopic (exact) mass is 532 g/mol. The van der Waals surface area contributed by atoms with Crippen molar-refractivity contribution < 1.29 is 27.8 Å². The zero-order valence-corrected chi connectivity index (χ0v) is 21.7. The molecule has 0 aromatic heterocycles. The fraction of sp³-hybridized carbons (Fsp3) is 0.500. The second kappa shape index (κ2) is 12.7. The Morgan fingerprint density at radius 3 is 2.46 bits per heavy atom. The number of hydrogen-bond donors (Lipinski definition) is 3. The highest BCUT2D eigenvalue weighted by Gasteiger charge is 2.40. The predicted molar refractivity (Wildman–Crippen MR) is 139 cm³/mol. The smallest absolute Gasteiger partial charge is 0.407 e. The van der Waals surface area contributed by atoms with Gasteiger partial charge in [-0.2, -0.15) is 4.31 Å². The second-order valence-corrected chi connectivity index (χ2v) is 11.4. The van der Waals surface area contributed by atoms with Gasteiger partial charge in [0.1, 0.15) is 6.61 Å². The molecule has 2 aromatic carbocycles. The highest BCUT2D eigenvalue weighted by molar-refractivity contribution is 7.89. The van der Waals surface area contributed by atoms with Gasteiger partial charge >= 0.3 is 6.09 Å². The van der Waals surface area contributed by atoms with Gasteiger partial charge in [-0.1, -0.05) is 30.3 Å². The summed E-state index contributed by atoms with van der Waals surface area (Å²) in [4.78, 5) is 14.9. The summed E-state index contributed by atoms with van der Waals surface area (Å²) < 4.78 is 38.9. The highest BCUT2D eigenvalue weighted by Crippen LogP contribution is 2.32. The normalized spacial score (nSPS) is 18.3. The highest BCUT2D eigenvalue weighted by atomic mass is 32.2. The van der Waals surface area contributed by atoms with Crippen molar-refractivity contribution >= 4 is 21.8 Å². The number of rotatable bonds is 12. The molecular weight excluding hydrogens is 496 g/mol. The van der Waals surface area contributed by atoms with E-state index in [9.17, 15) is 18.3 Å². The number of carbonyl (C=O) groups is 1. The number of ether oxygens (including phenoxy) is 2. The van der Waals surface area contributed by atoms with Crippen LogP contribution in [0.2, 0.25) is 0 Å². The number of hydrogen-bond acceptors (Lipinski definition) is 8. The number of nitrogens with zero attached hydrogens (tertiary/aromatic N) is 2. The van der Waals surface area contributed by atoms with Gasteiger partial charge in [0, 0.05) is 37.9 Å². The van der Waals surface area contributed by atoms with E-state index in [0.29, 0.717) is 31.9 Å². The lowest BCUT2D eigenvalue weighted by Gasteiger charge is -2.30. The van der Waals surface area contributed by atoms with Crippen molar-refractivity contribution in [2.45, 2.75) is 42.3 Å². The number of alkyl carbamates (subject to hydrolysis) is 1. The van der Waals surface area contributed by atoms with Crippen LogP contribution in [0, 0.1) is 0 Å². The minimum Gasteiger partial charge on any atom is -0.448 e. The maximum absolute atomic E-state index is 13.4. The average Bonchev–Trinajstić information content (AvgIpc) is 3.73. The molecule has 0 spiro atoms. The van der Waals surface area contributed by atoms with Gasteiger partial charge in [-0.3, -0.25) is 4.90 Å². The predicted octanol–water partition coefficient (Wildman–Crippen LogP) is 1.45. The van der Waals surface area contributed by atoms with E-state index in [4.69, 9.17) is 15.2 Å². The number of amides is 1. The summed E-state index contributed by atoms with van der Waals surface area (Å²) in [7, 11) is -3.85. The van der Waals surface area contributed by atoms with E-state index in [1.54, 1.807) is 12.1 Å². The number of benzene rings is 2. The molecule has 1 amide bonds. The fourth-order valence-electron chi connectivity index (χ4n) is 4.33. The third kappa shape index (κ3) is 7.89. The van der Waals surface area contributed by atoms with Gasteiger partial charge < -0.3 is 25.6 Å². The Kier molecular flexibility index (Phi) is 9.38. The zero-order chi connectivity index (χ0) is 26.3. The third-order valence-corrected chi connectivity index (χ3v) is 8.55. The molecule has 1 saturated carbocycles. The molecule has 202 valence electrons. The Bertz CT molecular complexity index is 1110. The first-order valence-corrected chi connectivity index (χ1v) is 14.1. The maximum atomic E-state index is 13.4. The topological polar surface area (TPSA) is 134 Å². The van der Waals surface area contributed by atoms with Crippen LogP contribution in [0.15, 0.2) is 59.5 Å². The number of nitrogen functional groups attached to an aromatic ring is 1. The number of sulfonamides is 1. The Morgan fingerprint density at radius 2 is 1.81 bits per heavy atom. The number of aliphatic hydroxyl groups is 1. The Morgan fingerprint density at radius 1 is 1.14 bits per heavy atom. The minimum atomic E-state index is -3.85. The summed E-state index contributed by atoms with van der Waals surface area (Å²) in [5.74, 6) is 0. The molecule has 2 atom stereocenters. The molecule has 1 aliphatic carbocycles. The van der Waals surface area contributed by atoms with Crippen molar-refractivity contribution in [2.24, 2.45) is 0 Å². The van der Waals surface area contributed by atoms with Crippen LogP contribution in [0.4, 0.5) is 10.5 Å². The molecule has 1 heterocycles. The van der Waals surface area contributed by atoms with Gasteiger partial charge in [0.15, 0.2) is 0 Å². The lowest BCUT2D eigenvalue weighted by atomic mass is 10.0. The zero-order valence-electron chi connectivity index (χ0n) is 20.9. The van der Waals surface area contributed by atoms with Crippen molar-refractivity contribution in [3.8, 4) is 0 Å². The fourth-order valence-corrected chi connectivity index (χ4v) is 6.03. The van der Waals surface area contributed by atoms with Gasteiger partial charge in [0.05, 0.1) is 30.3 Å². The number of nitrogens with one attached hydrogen (secondary N) is 1. The SMILES string of the molecule is Nc1ccc(S(=O)(=O)N(C[C@@H](O)[C@H](Cc2ccccc2)NC(=O)OCCN2CCOCC2)C2CC2)cc1. The van der Waals surface area contributed by atoms with Crippen molar-refractivity contribution in [1.29, 1.82) is 0 Å². The number of aliphatic hydroxyl groups excluding tert-OH is 1. The molecule has 10 nitrogen and oxygen atoms in total. The molecule has 37 heavy (non-hydrogen) atoms. The van der Waals surface area contributed by atoms with Crippen LogP contribution in [0.5, 0.6) is 0 Å². The summed E-state index contributed by atoms with van der Waals surface area (Å²) in [6.07, 6.45) is -0.0346. The van der Waals surface area contributed by atoms with Crippen LogP contribution in [0.3, 0.4) is 0 Å². The van der Waals surface area contributed by atoms with Crippen LogP contribution in [0.1, 0.15) is 18.4 Å². The molecule has 0 bridgehead atoms. The number of anilines is 1. The van der Waals surface area contributed by atoms with Crippen LogP contribution in [0.25, 0.3) is 0 Å². The number of carbonyl (C=O) groups excluding carboxylic acids is 1. The molecule has 11 heteroatoms. The van der Waals surface area contributed by atoms with E-state index < -0.39 is 28.3 Å². The molecule has 2 aromatic rings. The Labute approximate surface area is 218 Å². The summed E-state index contributed by atoms with van der Waals surface area (Å²) in [6, 6.07) is 14.5. The Balaban J connectivity index is 1.42. The van der Waals surface area contributed by atoms with E-state index >= 15 is 0 Å². The molecular formula is C26H36N4O6S. The van der Waals surface area contributed by atoms with Crippen LogP contribution >= 0.6 is 0 Å². The first-order chi connectivity index (χ1) is 17.8. The van der Waals surface area contributed by atoms with Crippen molar-refractivity contribution in [3.63, 3.8) is 0 Å². The van der Waals surface area contributed by atoms with Crippen molar-refractivity contribution in [1.82, 2.24) is 14.5 Å². The van der Waals surface area contributed by atoms with Gasteiger partial charge in [-0.15, -0.1) is 0 Å². The van der Waals surface area contributed by atoms with Crippen LogP contribution < -0.4 is 11.1 Å². The summed E-state index contributed by atoms with van der Waals surface area (Å²) in [6.45, 7) is 3.56. The molecule has 0 radical (unpaired) electrons. The van der Waals surface area contributed by atoms with Crippen LogP contribution in [-0.2, 0) is 25.9 Å². The summed E-state index contributed by atoms with van der Waals surface area (Å²) in [5.41, 5.74) is 7.10. The van der Waals surface area contributed by atoms with E-state index in [-0.39, 0.29) is 24.1 Å². The van der Waals surface area contributed by atoms with E-state index in [1.807, 2.05) is 30.3 Å². The molecule has 1 saturated heterocycles. The van der Waals surface area contributed by atoms with Crippen LogP contribution in [-0.4, -0.2) is 93.0 Å². The minimum absolute atomic E-state index is 0.121. The van der Waals surface area contributed by atoms with E-state index in [2.05, 4.69) is 10.2 Å². The number of nitrogens with two attached hydrogens (primary N) is 1. The van der Waals surface area contributed by atoms with Gasteiger partial charge in [0.25, 0.3) is 0 Å². The lowest BCUT2D eigenvalue weighted by molar-refractivity contribution is 0.0270. The summed E-state index contributed by atoms with van der Waals surface area (Å²) >= 11 is 0. The largest absolute Gasteiger partial charge is 0.448 e. The quantitative estimate of drug-likeness (QED) is 0.350. The van der Waals surface area contributed by atoms with Gasteiger partial charge in [0.2, 0.25) is 10.0 Å². The van der Waals surface area contributed by atoms with Crippen molar-refractivity contribution in [3.05, 3.63) is 60.2 Å². The van der Waals surface area contributed by atoms with Gasteiger partial charge in [-0.05, 0) is 49.1 Å². The molecule has 0 unspecified atom stereocenters. The summed E-state index contributed by atoms with van der Waals surface area (Å²) in [5, 5.41) is 14.0. The molecule has 2 fully saturated rings. The standard InChI is InChI=1S/C26H36N4O6S/c27-21-6-10-23(11-7-21)37(33,34)30(22-8-9-22)19-25(31)24(18-20-4-2-1-3-5-20)28-26(32)36-17-14-29-12-15-35-16-13-29/h1-7,10-11,22,24-25,31H,8-9,12-19,27H2,(H,28,32)/t24-,25+/m0/s1. The number of morpholine rings is 1. The van der Waals surface area contributed by atoms with Crippen molar-refractivity contribution in [2.75, 3.05) is 51.7 Å². The lowest BCUT2D eigenvalue weighted by Crippen LogP contribution is -2.51. The first-order valence-electron chi connectivity index (χ1n) is 12.7. The third-order valence-electron chi connectivity index (χ3n) is 6.62. The molecule has 4 N–H and O–H groups in total. The second-order valence-electron chi connectivity index (χ2n) is 9.47. The molecule has 4 rings (SSSR count). The molecule has 1 aliphatic heterocycles. The molecule has 2 aliphatic rings. The van der Waals surface area contributed by atoms with E-state index in [1.165, 1.54) is 16.4 Å². The first kappa shape index (κ1) is 27.3. The van der Waals surface area contributed by atoms with Gasteiger partial charge in [-0.25, -0.2) is 13.2 Å². The maximum Gasteiger partial charge on any atom is 0.407 e.